The molecule has 1 heterocycles. The lowest BCUT2D eigenvalue weighted by Gasteiger charge is -2.31. The molecule has 5 heteroatoms. The molecule has 2 aromatic carbocycles. The molecule has 0 radical (unpaired) electrons. The second kappa shape index (κ2) is 8.23. The van der Waals surface area contributed by atoms with Crippen molar-refractivity contribution in [1.29, 1.82) is 0 Å². The van der Waals surface area contributed by atoms with Gasteiger partial charge in [0.25, 0.3) is 5.91 Å². The van der Waals surface area contributed by atoms with Crippen LogP contribution in [0.25, 0.3) is 0 Å². The predicted molar refractivity (Wildman–Crippen MR) is 105 cm³/mol. The molecule has 0 aromatic heterocycles. The van der Waals surface area contributed by atoms with Crippen molar-refractivity contribution >= 4 is 17.3 Å². The molecule has 1 aliphatic rings. The third-order valence-electron chi connectivity index (χ3n) is 5.05. The van der Waals surface area contributed by atoms with Crippen LogP contribution >= 0.6 is 0 Å². The zero-order valence-electron chi connectivity index (χ0n) is 15.8. The smallest absolute Gasteiger partial charge is 0.262 e. The highest BCUT2D eigenvalue weighted by Crippen LogP contribution is 2.21. The van der Waals surface area contributed by atoms with Gasteiger partial charge in [0.05, 0.1) is 33.2 Å². The van der Waals surface area contributed by atoms with Gasteiger partial charge in [-0.25, -0.2) is 0 Å². The Labute approximate surface area is 155 Å². The van der Waals surface area contributed by atoms with Crippen LogP contribution in [-0.4, -0.2) is 45.7 Å². The van der Waals surface area contributed by atoms with Gasteiger partial charge in [0.15, 0.2) is 6.61 Å². The third-order valence-corrected chi connectivity index (χ3v) is 5.05. The maximum atomic E-state index is 12.2. The summed E-state index contributed by atoms with van der Waals surface area (Å²) in [6, 6.07) is 13.9. The van der Waals surface area contributed by atoms with Crippen molar-refractivity contribution < 1.29 is 14.4 Å². The molecule has 1 amide bonds. The number of aryl methyl sites for hydroxylation is 1. The topological polar surface area (TPSA) is 46.0 Å². The van der Waals surface area contributed by atoms with Crippen LogP contribution in [0.3, 0.4) is 0 Å². The summed E-state index contributed by atoms with van der Waals surface area (Å²) in [4.78, 5) is 16.1. The van der Waals surface area contributed by atoms with E-state index in [-0.39, 0.29) is 12.5 Å². The van der Waals surface area contributed by atoms with Crippen LogP contribution in [0.15, 0.2) is 42.5 Å². The van der Waals surface area contributed by atoms with Crippen LogP contribution in [0.2, 0.25) is 0 Å². The summed E-state index contributed by atoms with van der Waals surface area (Å²) in [6.07, 6.45) is 0. The fourth-order valence-corrected chi connectivity index (χ4v) is 3.12. The number of rotatable bonds is 5. The number of carbonyl (C=O) groups is 1. The van der Waals surface area contributed by atoms with E-state index in [1.54, 1.807) is 4.90 Å². The number of benzene rings is 2. The highest BCUT2D eigenvalue weighted by Gasteiger charge is 2.16. The van der Waals surface area contributed by atoms with Crippen molar-refractivity contribution in [3.8, 4) is 5.75 Å². The van der Waals surface area contributed by atoms with Crippen LogP contribution in [0.4, 0.5) is 11.4 Å². The Morgan fingerprint density at radius 2 is 1.81 bits per heavy atom. The summed E-state index contributed by atoms with van der Waals surface area (Å²) in [5.41, 5.74) is 4.23. The van der Waals surface area contributed by atoms with E-state index >= 15 is 0 Å². The number of carbonyl (C=O) groups excluding carboxylic acids is 1. The van der Waals surface area contributed by atoms with Crippen molar-refractivity contribution in [2.45, 2.75) is 13.8 Å². The van der Waals surface area contributed by atoms with Crippen molar-refractivity contribution in [1.82, 2.24) is 0 Å². The molecule has 2 aromatic rings. The zero-order valence-corrected chi connectivity index (χ0v) is 15.8. The van der Waals surface area contributed by atoms with Gasteiger partial charge in [-0.2, -0.15) is 0 Å². The predicted octanol–water partition coefficient (Wildman–Crippen LogP) is 1.66. The normalized spacial score (nSPS) is 15.0. The molecular formula is C21H28N3O2+. The molecule has 3 rings (SSSR count). The number of nitrogens with one attached hydrogen (secondary N) is 2. The van der Waals surface area contributed by atoms with E-state index in [0.29, 0.717) is 0 Å². The zero-order chi connectivity index (χ0) is 18.5. The lowest BCUT2D eigenvalue weighted by molar-refractivity contribution is -0.880. The van der Waals surface area contributed by atoms with Crippen LogP contribution in [0, 0.1) is 13.8 Å². The van der Waals surface area contributed by atoms with Gasteiger partial charge in [-0.05, 0) is 55.3 Å². The molecule has 0 bridgehead atoms. The number of piperazine rings is 1. The van der Waals surface area contributed by atoms with E-state index in [0.717, 1.165) is 48.7 Å². The van der Waals surface area contributed by atoms with Gasteiger partial charge >= 0.3 is 0 Å². The molecule has 26 heavy (non-hydrogen) atoms. The lowest BCUT2D eigenvalue weighted by Crippen LogP contribution is -3.12. The molecule has 138 valence electrons. The Morgan fingerprint density at radius 3 is 2.50 bits per heavy atom. The van der Waals surface area contributed by atoms with Gasteiger partial charge in [-0.1, -0.05) is 12.1 Å². The molecule has 0 saturated carbocycles. The first-order valence-corrected chi connectivity index (χ1v) is 9.18. The molecule has 1 fully saturated rings. The summed E-state index contributed by atoms with van der Waals surface area (Å²) < 4.78 is 5.66. The Bertz CT molecular complexity index is 750. The van der Waals surface area contributed by atoms with E-state index in [1.807, 2.05) is 44.2 Å². The van der Waals surface area contributed by atoms with Gasteiger partial charge < -0.3 is 19.9 Å². The monoisotopic (exact) mass is 354 g/mol. The number of amides is 1. The van der Waals surface area contributed by atoms with E-state index < -0.39 is 0 Å². The van der Waals surface area contributed by atoms with E-state index in [4.69, 9.17) is 4.74 Å². The van der Waals surface area contributed by atoms with Crippen LogP contribution in [0.5, 0.6) is 5.75 Å². The van der Waals surface area contributed by atoms with Gasteiger partial charge in [-0.15, -0.1) is 0 Å². The Kier molecular flexibility index (Phi) is 5.78. The van der Waals surface area contributed by atoms with Crippen LogP contribution in [0.1, 0.15) is 11.1 Å². The second-order valence-electron chi connectivity index (χ2n) is 7.03. The highest BCUT2D eigenvalue weighted by molar-refractivity contribution is 5.92. The average Bonchev–Trinajstić information content (AvgIpc) is 2.64. The van der Waals surface area contributed by atoms with Gasteiger partial charge in [-0.3, -0.25) is 4.79 Å². The first-order valence-electron chi connectivity index (χ1n) is 9.18. The number of nitrogens with zero attached hydrogens (tertiary/aromatic N) is 1. The average molecular weight is 354 g/mol. The summed E-state index contributed by atoms with van der Waals surface area (Å²) in [6.45, 7) is 8.50. The maximum absolute atomic E-state index is 12.2. The van der Waals surface area contributed by atoms with Crippen molar-refractivity contribution in [3.05, 3.63) is 53.6 Å². The summed E-state index contributed by atoms with van der Waals surface area (Å²) in [7, 11) is 2.23. The number of hydrogen-bond donors (Lipinski definition) is 2. The fraction of sp³-hybridized carbons (Fsp3) is 0.381. The molecule has 1 saturated heterocycles. The quantitative estimate of drug-likeness (QED) is 0.858. The molecular weight excluding hydrogens is 326 g/mol. The van der Waals surface area contributed by atoms with Crippen LogP contribution in [-0.2, 0) is 4.79 Å². The first kappa shape index (κ1) is 18.3. The third kappa shape index (κ3) is 4.55. The minimum atomic E-state index is -0.151. The van der Waals surface area contributed by atoms with E-state index in [1.165, 1.54) is 5.69 Å². The number of quaternary nitrogens is 1. The summed E-state index contributed by atoms with van der Waals surface area (Å²) >= 11 is 0. The second-order valence-corrected chi connectivity index (χ2v) is 7.03. The minimum Gasteiger partial charge on any atom is -0.483 e. The maximum Gasteiger partial charge on any atom is 0.262 e. The molecule has 0 atom stereocenters. The number of ether oxygens (including phenoxy) is 1. The Morgan fingerprint density at radius 1 is 1.12 bits per heavy atom. The van der Waals surface area contributed by atoms with Gasteiger partial charge in [0.2, 0.25) is 0 Å². The molecule has 1 aliphatic heterocycles. The van der Waals surface area contributed by atoms with Crippen LogP contribution < -0.4 is 19.9 Å². The number of likely N-dealkylation sites (N-methyl/N-ethyl adjacent to an activating group) is 1. The minimum absolute atomic E-state index is 0.00722. The first-order chi connectivity index (χ1) is 12.5. The van der Waals surface area contributed by atoms with Crippen molar-refractivity contribution in [2.24, 2.45) is 0 Å². The summed E-state index contributed by atoms with van der Waals surface area (Å²) in [5, 5.41) is 2.90. The molecule has 0 spiro atoms. The lowest BCUT2D eigenvalue weighted by atomic mass is 10.1. The molecule has 0 aliphatic carbocycles. The standard InChI is InChI=1S/C21H27N3O2/c1-16-5-4-6-20(17(16)2)26-15-21(25)22-18-7-9-19(10-8-18)24-13-11-23(3)12-14-24/h4-10H,11-15H2,1-3H3,(H,22,25)/p+1. The van der Waals surface area contributed by atoms with Gasteiger partial charge in [0.1, 0.15) is 5.75 Å². The van der Waals surface area contributed by atoms with E-state index in [9.17, 15) is 4.79 Å². The fourth-order valence-electron chi connectivity index (χ4n) is 3.12. The Hall–Kier alpha value is -2.53. The molecule has 5 nitrogen and oxygen atoms in total. The molecule has 0 unspecified atom stereocenters. The largest absolute Gasteiger partial charge is 0.483 e. The van der Waals surface area contributed by atoms with Crippen molar-refractivity contribution in [3.63, 3.8) is 0 Å². The molecule has 2 N–H and O–H groups in total. The highest BCUT2D eigenvalue weighted by atomic mass is 16.5. The van der Waals surface area contributed by atoms with E-state index in [2.05, 4.69) is 29.4 Å². The SMILES string of the molecule is Cc1cccc(OCC(=O)Nc2ccc(N3CC[NH+](C)CC3)cc2)c1C. The summed E-state index contributed by atoms with van der Waals surface area (Å²) in [5.74, 6) is 0.606. The van der Waals surface area contributed by atoms with Crippen molar-refractivity contribution in [2.75, 3.05) is 50.1 Å². The number of hydrogen-bond acceptors (Lipinski definition) is 3. The van der Waals surface area contributed by atoms with Gasteiger partial charge in [0, 0.05) is 11.4 Å². The Balaban J connectivity index is 1.52. The number of anilines is 2.